The van der Waals surface area contributed by atoms with E-state index in [0.717, 1.165) is 6.08 Å². The van der Waals surface area contributed by atoms with Gasteiger partial charge in [-0.3, -0.25) is 0 Å². The maximum Gasteiger partial charge on any atom is 0.285 e. The molecule has 0 aromatic heterocycles. The van der Waals surface area contributed by atoms with E-state index >= 15 is 0 Å². The number of sulfonamides is 1. The van der Waals surface area contributed by atoms with Crippen LogP contribution in [0.15, 0.2) is 16.4 Å². The van der Waals surface area contributed by atoms with Crippen molar-refractivity contribution in [3.05, 3.63) is 12.0 Å². The Morgan fingerprint density at radius 3 is 2.25 bits per heavy atom. The highest BCUT2D eigenvalue weighted by molar-refractivity contribution is 7.93. The molecule has 8 heavy (non-hydrogen) atoms. The first kappa shape index (κ1) is 7.07. The lowest BCUT2D eigenvalue weighted by Gasteiger charge is -1.75. The molecule has 0 unspecified atom stereocenters. The van der Waals surface area contributed by atoms with Crippen LogP contribution in [0.1, 0.15) is 0 Å². The molecule has 0 atom stereocenters. The van der Waals surface area contributed by atoms with Crippen molar-refractivity contribution < 1.29 is 13.2 Å². The summed E-state index contributed by atoms with van der Waals surface area (Å²) in [5.74, 6) is 0. The van der Waals surface area contributed by atoms with Gasteiger partial charge in [0.15, 0.2) is 0 Å². The normalized spacial score (nSPS) is 9.50. The van der Waals surface area contributed by atoms with Gasteiger partial charge >= 0.3 is 0 Å². The first-order valence-electron chi connectivity index (χ1n) is 1.59. The van der Waals surface area contributed by atoms with Crippen LogP contribution in [0.25, 0.3) is 0 Å². The van der Waals surface area contributed by atoms with Crippen molar-refractivity contribution >= 4 is 16.1 Å². The highest BCUT2D eigenvalue weighted by Gasteiger charge is 1.95. The molecule has 0 aliphatic rings. The van der Waals surface area contributed by atoms with Crippen LogP contribution in [0.3, 0.4) is 0 Å². The maximum atomic E-state index is 10.1. The SMILES string of the molecule is C=CS(=O)(=O)N=C=O. The van der Waals surface area contributed by atoms with Gasteiger partial charge in [-0.25, -0.2) is 4.79 Å². The van der Waals surface area contributed by atoms with Gasteiger partial charge in [-0.15, -0.1) is 0 Å². The maximum absolute atomic E-state index is 10.1. The molecule has 0 aliphatic heterocycles. The molecule has 0 N–H and O–H groups in total. The molecule has 0 fully saturated rings. The van der Waals surface area contributed by atoms with Gasteiger partial charge in [0.2, 0.25) is 0 Å². The van der Waals surface area contributed by atoms with E-state index in [2.05, 4.69) is 11.0 Å². The van der Waals surface area contributed by atoms with Crippen molar-refractivity contribution in [2.45, 2.75) is 0 Å². The molecule has 0 amide bonds. The quantitative estimate of drug-likeness (QED) is 0.387. The smallest absolute Gasteiger partial charge is 0.210 e. The summed E-state index contributed by atoms with van der Waals surface area (Å²) in [5, 5.41) is 0.567. The number of hydrogen-bond donors (Lipinski definition) is 0. The first-order valence-corrected chi connectivity index (χ1v) is 3.09. The molecule has 5 heteroatoms. The molecule has 0 saturated carbocycles. The van der Waals surface area contributed by atoms with Crippen LogP contribution in [-0.2, 0) is 14.8 Å². The predicted octanol–water partition coefficient (Wildman–Crippen LogP) is -0.205. The van der Waals surface area contributed by atoms with E-state index in [1.807, 2.05) is 0 Å². The van der Waals surface area contributed by atoms with Crippen molar-refractivity contribution in [3.8, 4) is 0 Å². The Hall–Kier alpha value is -0.930. The third-order valence-electron chi connectivity index (χ3n) is 0.375. The molecule has 0 aliphatic carbocycles. The summed E-state index contributed by atoms with van der Waals surface area (Å²) in [7, 11) is -3.70. The molecule has 4 nitrogen and oxygen atoms in total. The lowest BCUT2D eigenvalue weighted by Crippen LogP contribution is -1.84. The van der Waals surface area contributed by atoms with Gasteiger partial charge in [-0.05, 0) is 0 Å². The number of hydrogen-bond acceptors (Lipinski definition) is 3. The standard InChI is InChI=1S/C3H3NO3S/c1-2-8(6,7)4-3-5/h2H,1H2. The number of isocyanates is 1. The molecule has 44 valence electrons. The van der Waals surface area contributed by atoms with Gasteiger partial charge < -0.3 is 0 Å². The Morgan fingerprint density at radius 1 is 1.62 bits per heavy atom. The van der Waals surface area contributed by atoms with Crippen molar-refractivity contribution in [1.29, 1.82) is 0 Å². The summed E-state index contributed by atoms with van der Waals surface area (Å²) in [6.07, 6.45) is 0.875. The third kappa shape index (κ3) is 2.28. The Labute approximate surface area is 46.6 Å². The predicted molar refractivity (Wildman–Crippen MR) is 27.2 cm³/mol. The Bertz CT molecular complexity index is 221. The van der Waals surface area contributed by atoms with Crippen LogP contribution in [0, 0.1) is 0 Å². The molecule has 0 spiro atoms. The zero-order valence-electron chi connectivity index (χ0n) is 3.86. The minimum Gasteiger partial charge on any atom is -0.210 e. The fourth-order valence-electron chi connectivity index (χ4n) is 0.0892. The van der Waals surface area contributed by atoms with Crippen LogP contribution >= 0.6 is 0 Å². The lowest BCUT2D eigenvalue weighted by molar-refractivity contribution is 0.564. The topological polar surface area (TPSA) is 63.6 Å². The molecule has 0 bridgehead atoms. The van der Waals surface area contributed by atoms with E-state index in [4.69, 9.17) is 0 Å². The van der Waals surface area contributed by atoms with Gasteiger partial charge in [0.25, 0.3) is 16.1 Å². The van der Waals surface area contributed by atoms with Crippen molar-refractivity contribution in [1.82, 2.24) is 0 Å². The van der Waals surface area contributed by atoms with Crippen LogP contribution in [0.2, 0.25) is 0 Å². The third-order valence-corrected chi connectivity index (χ3v) is 1.13. The lowest BCUT2D eigenvalue weighted by atomic mass is 11.3. The fourth-order valence-corrected chi connectivity index (χ4v) is 0.268. The summed E-state index contributed by atoms with van der Waals surface area (Å²) < 4.78 is 22.5. The van der Waals surface area contributed by atoms with Crippen molar-refractivity contribution in [2.75, 3.05) is 0 Å². The molecule has 0 aromatic carbocycles. The van der Waals surface area contributed by atoms with Gasteiger partial charge in [0, 0.05) is 5.41 Å². The van der Waals surface area contributed by atoms with Gasteiger partial charge in [-0.1, -0.05) is 11.0 Å². The molecular formula is C3H3NO3S. The zero-order valence-corrected chi connectivity index (χ0v) is 4.68. The van der Waals surface area contributed by atoms with E-state index in [-0.39, 0.29) is 0 Å². The Balaban J connectivity index is 4.67. The summed E-state index contributed by atoms with van der Waals surface area (Å²) in [5.41, 5.74) is 0. The Morgan fingerprint density at radius 2 is 2.12 bits per heavy atom. The Kier molecular flexibility index (Phi) is 2.12. The van der Waals surface area contributed by atoms with Gasteiger partial charge in [0.1, 0.15) is 0 Å². The highest BCUT2D eigenvalue weighted by atomic mass is 32.2. The number of rotatable bonds is 2. The average molecular weight is 133 g/mol. The van der Waals surface area contributed by atoms with E-state index < -0.39 is 10.0 Å². The number of nitrogens with zero attached hydrogens (tertiary/aromatic N) is 1. The second-order valence-electron chi connectivity index (χ2n) is 0.864. The number of carbonyl (C=O) groups excluding carboxylic acids is 1. The minimum atomic E-state index is -3.70. The van der Waals surface area contributed by atoms with Crippen LogP contribution in [0.4, 0.5) is 0 Å². The second kappa shape index (κ2) is 2.40. The summed E-state index contributed by atoms with van der Waals surface area (Å²) in [6.45, 7) is 2.89. The monoisotopic (exact) mass is 133 g/mol. The largest absolute Gasteiger partial charge is 0.285 e. The molecule has 0 aromatic rings. The summed E-state index contributed by atoms with van der Waals surface area (Å²) in [4.78, 5) is 9.26. The van der Waals surface area contributed by atoms with E-state index in [0.29, 0.717) is 5.41 Å². The average Bonchev–Trinajstić information content (AvgIpc) is 1.67. The van der Waals surface area contributed by atoms with E-state index in [9.17, 15) is 13.2 Å². The van der Waals surface area contributed by atoms with Crippen molar-refractivity contribution in [2.24, 2.45) is 4.40 Å². The van der Waals surface area contributed by atoms with Gasteiger partial charge in [-0.2, -0.15) is 8.42 Å². The molecule has 0 saturated heterocycles. The molecule has 0 radical (unpaired) electrons. The minimum absolute atomic E-state index is 0.567. The first-order chi connectivity index (χ1) is 3.62. The van der Waals surface area contributed by atoms with Crippen LogP contribution in [0.5, 0.6) is 0 Å². The molecule has 0 heterocycles. The van der Waals surface area contributed by atoms with Gasteiger partial charge in [0.05, 0.1) is 0 Å². The van der Waals surface area contributed by atoms with Crippen LogP contribution < -0.4 is 0 Å². The fraction of sp³-hybridized carbons (Fsp3) is 0. The molecule has 0 rings (SSSR count). The zero-order chi connectivity index (χ0) is 6.62. The van der Waals surface area contributed by atoms with Crippen LogP contribution in [-0.4, -0.2) is 14.5 Å². The second-order valence-corrected chi connectivity index (χ2v) is 2.41. The van der Waals surface area contributed by atoms with E-state index in [1.165, 1.54) is 0 Å². The van der Waals surface area contributed by atoms with Crippen molar-refractivity contribution in [3.63, 3.8) is 0 Å². The molecular weight excluding hydrogens is 130 g/mol. The highest BCUT2D eigenvalue weighted by Crippen LogP contribution is 1.87. The summed E-state index contributed by atoms with van der Waals surface area (Å²) >= 11 is 0. The van der Waals surface area contributed by atoms with E-state index in [1.54, 1.807) is 0 Å². The summed E-state index contributed by atoms with van der Waals surface area (Å²) in [6, 6.07) is 0.